The van der Waals surface area contributed by atoms with Gasteiger partial charge in [-0.05, 0) is 23.8 Å². The molecule has 0 aliphatic carbocycles. The summed E-state index contributed by atoms with van der Waals surface area (Å²) in [6, 6.07) is 4.42. The van der Waals surface area contributed by atoms with Crippen LogP contribution in [0.25, 0.3) is 6.08 Å². The third-order valence-corrected chi connectivity index (χ3v) is 2.46. The summed E-state index contributed by atoms with van der Waals surface area (Å²) in [5, 5.41) is 0. The zero-order valence-corrected chi connectivity index (χ0v) is 12.2. The molecule has 1 aliphatic rings. The van der Waals surface area contributed by atoms with E-state index in [1.54, 1.807) is 6.92 Å². The maximum Gasteiger partial charge on any atom is 0.363 e. The first-order valence-electron chi connectivity index (χ1n) is 6.34. The summed E-state index contributed by atoms with van der Waals surface area (Å²) in [7, 11) is 0. The summed E-state index contributed by atoms with van der Waals surface area (Å²) in [5.74, 6) is -1.01. The number of esters is 3. The summed E-state index contributed by atoms with van der Waals surface area (Å²) >= 11 is 0. The van der Waals surface area contributed by atoms with E-state index in [-0.39, 0.29) is 23.1 Å². The topological polar surface area (TPSA) is 91.3 Å². The number of ether oxygens (including phenoxy) is 3. The van der Waals surface area contributed by atoms with Gasteiger partial charge in [0.05, 0.1) is 0 Å². The van der Waals surface area contributed by atoms with Gasteiger partial charge in [0.15, 0.2) is 11.6 Å². The summed E-state index contributed by atoms with van der Waals surface area (Å²) < 4.78 is 14.8. The summed E-state index contributed by atoms with van der Waals surface area (Å²) in [6.07, 6.45) is 1.44. The maximum atomic E-state index is 11.5. The fourth-order valence-corrected chi connectivity index (χ4v) is 1.80. The van der Waals surface area contributed by atoms with Crippen LogP contribution < -0.4 is 9.47 Å². The lowest BCUT2D eigenvalue weighted by Gasteiger charge is -2.07. The third kappa shape index (κ3) is 4.02. The highest BCUT2D eigenvalue weighted by molar-refractivity contribution is 6.06. The van der Waals surface area contributed by atoms with E-state index in [4.69, 9.17) is 14.2 Å². The molecule has 0 unspecified atom stereocenters. The predicted molar refractivity (Wildman–Crippen MR) is 76.2 cm³/mol. The van der Waals surface area contributed by atoms with Crippen molar-refractivity contribution in [3.05, 3.63) is 29.5 Å². The molecule has 1 heterocycles. The van der Waals surface area contributed by atoms with Gasteiger partial charge in [-0.3, -0.25) is 9.59 Å². The van der Waals surface area contributed by atoms with Crippen molar-refractivity contribution >= 4 is 29.9 Å². The van der Waals surface area contributed by atoms with Crippen molar-refractivity contribution in [3.63, 3.8) is 0 Å². The Labute approximate surface area is 126 Å². The van der Waals surface area contributed by atoms with Crippen LogP contribution in [0.4, 0.5) is 0 Å². The average Bonchev–Trinajstić information content (AvgIpc) is 2.65. The van der Waals surface area contributed by atoms with E-state index in [0.29, 0.717) is 5.56 Å². The number of cyclic esters (lactones) is 1. The normalized spacial score (nSPS) is 15.3. The minimum absolute atomic E-state index is 0.103. The monoisotopic (exact) mass is 303 g/mol. The van der Waals surface area contributed by atoms with Gasteiger partial charge in [-0.2, -0.15) is 0 Å². The van der Waals surface area contributed by atoms with Gasteiger partial charge in [0.25, 0.3) is 0 Å². The fourth-order valence-electron chi connectivity index (χ4n) is 1.80. The molecule has 1 aromatic rings. The largest absolute Gasteiger partial charge is 0.427 e. The zero-order chi connectivity index (χ0) is 16.3. The molecule has 0 fully saturated rings. The molecule has 0 spiro atoms. The lowest BCUT2D eigenvalue weighted by molar-refractivity contribution is -0.132. The van der Waals surface area contributed by atoms with Crippen LogP contribution in [0.5, 0.6) is 11.5 Å². The van der Waals surface area contributed by atoms with Crippen LogP contribution in [0.1, 0.15) is 26.3 Å². The van der Waals surface area contributed by atoms with E-state index in [9.17, 15) is 14.4 Å². The SMILES string of the molecule is CC(=O)Oc1cc(/C=C2\N=C(C)OC2=O)cc(OC(C)=O)c1. The molecule has 0 saturated carbocycles. The molecule has 1 aromatic carbocycles. The third-order valence-electron chi connectivity index (χ3n) is 2.46. The molecule has 0 atom stereocenters. The number of carbonyl (C=O) groups is 3. The van der Waals surface area contributed by atoms with Crippen molar-refractivity contribution in [2.24, 2.45) is 4.99 Å². The first-order valence-corrected chi connectivity index (χ1v) is 6.34. The Morgan fingerprint density at radius 2 is 1.64 bits per heavy atom. The van der Waals surface area contributed by atoms with E-state index in [0.717, 1.165) is 0 Å². The Morgan fingerprint density at radius 3 is 2.05 bits per heavy atom. The molecule has 0 aromatic heterocycles. The Kier molecular flexibility index (Phi) is 4.36. The molecule has 7 heteroatoms. The Bertz CT molecular complexity index is 682. The van der Waals surface area contributed by atoms with Crippen molar-refractivity contribution in [1.29, 1.82) is 0 Å². The van der Waals surface area contributed by atoms with E-state index in [1.165, 1.54) is 38.1 Å². The van der Waals surface area contributed by atoms with Crippen molar-refractivity contribution in [2.45, 2.75) is 20.8 Å². The minimum atomic E-state index is -0.579. The Balaban J connectivity index is 2.41. The van der Waals surface area contributed by atoms with Gasteiger partial charge in [0.2, 0.25) is 0 Å². The number of hydrogen-bond donors (Lipinski definition) is 0. The number of carbonyl (C=O) groups excluding carboxylic acids is 3. The number of rotatable bonds is 3. The van der Waals surface area contributed by atoms with Crippen molar-refractivity contribution in [3.8, 4) is 11.5 Å². The van der Waals surface area contributed by atoms with Crippen LogP contribution in [0.15, 0.2) is 28.9 Å². The lowest BCUT2D eigenvalue weighted by Crippen LogP contribution is -2.05. The molecule has 0 amide bonds. The second-order valence-corrected chi connectivity index (χ2v) is 4.47. The Morgan fingerprint density at radius 1 is 1.09 bits per heavy atom. The smallest absolute Gasteiger partial charge is 0.363 e. The van der Waals surface area contributed by atoms with Gasteiger partial charge >= 0.3 is 17.9 Å². The van der Waals surface area contributed by atoms with E-state index in [2.05, 4.69) is 4.99 Å². The molecule has 0 saturated heterocycles. The van der Waals surface area contributed by atoms with E-state index < -0.39 is 17.9 Å². The lowest BCUT2D eigenvalue weighted by atomic mass is 10.1. The highest BCUT2D eigenvalue weighted by atomic mass is 16.6. The maximum absolute atomic E-state index is 11.5. The molecule has 0 N–H and O–H groups in total. The van der Waals surface area contributed by atoms with Crippen LogP contribution in [0, 0.1) is 0 Å². The number of nitrogens with zero attached hydrogens (tertiary/aromatic N) is 1. The van der Waals surface area contributed by atoms with Crippen LogP contribution >= 0.6 is 0 Å². The predicted octanol–water partition coefficient (Wildman–Crippen LogP) is 1.85. The molecular formula is C15H13NO6. The van der Waals surface area contributed by atoms with E-state index in [1.807, 2.05) is 0 Å². The summed E-state index contributed by atoms with van der Waals surface area (Å²) in [6.45, 7) is 4.05. The molecule has 2 rings (SSSR count). The summed E-state index contributed by atoms with van der Waals surface area (Å²) in [4.78, 5) is 37.6. The quantitative estimate of drug-likeness (QED) is 0.481. The van der Waals surface area contributed by atoms with Crippen LogP contribution in [-0.2, 0) is 19.1 Å². The highest BCUT2D eigenvalue weighted by Gasteiger charge is 2.20. The first kappa shape index (κ1) is 15.4. The van der Waals surface area contributed by atoms with Gasteiger partial charge in [-0.25, -0.2) is 9.79 Å². The number of hydrogen-bond acceptors (Lipinski definition) is 7. The molecule has 22 heavy (non-hydrogen) atoms. The van der Waals surface area contributed by atoms with Gasteiger partial charge in [0.1, 0.15) is 11.5 Å². The molecule has 7 nitrogen and oxygen atoms in total. The van der Waals surface area contributed by atoms with Gasteiger partial charge in [-0.1, -0.05) is 0 Å². The van der Waals surface area contributed by atoms with Crippen molar-refractivity contribution in [1.82, 2.24) is 0 Å². The standard InChI is InChI=1S/C15H13NO6/c1-8-16-14(15(19)20-8)6-11-4-12(21-9(2)17)7-13(5-11)22-10(3)18/h4-7H,1-3H3/b14-6-. The van der Waals surface area contributed by atoms with Crippen molar-refractivity contribution < 1.29 is 28.6 Å². The second kappa shape index (κ2) is 6.21. The van der Waals surface area contributed by atoms with Crippen LogP contribution in [-0.4, -0.2) is 23.8 Å². The Hall–Kier alpha value is -2.96. The number of benzene rings is 1. The van der Waals surface area contributed by atoms with Gasteiger partial charge in [0, 0.05) is 26.8 Å². The fraction of sp³-hybridized carbons (Fsp3) is 0.200. The van der Waals surface area contributed by atoms with Crippen molar-refractivity contribution in [2.75, 3.05) is 0 Å². The molecule has 0 bridgehead atoms. The molecule has 1 aliphatic heterocycles. The second-order valence-electron chi connectivity index (χ2n) is 4.47. The first-order chi connectivity index (χ1) is 10.3. The minimum Gasteiger partial charge on any atom is -0.427 e. The molecule has 114 valence electrons. The number of aliphatic imine (C=N–C) groups is 1. The summed E-state index contributed by atoms with van der Waals surface area (Å²) in [5.41, 5.74) is 0.576. The average molecular weight is 303 g/mol. The molecule has 0 radical (unpaired) electrons. The van der Waals surface area contributed by atoms with Crippen LogP contribution in [0.2, 0.25) is 0 Å². The van der Waals surface area contributed by atoms with Gasteiger partial charge in [-0.15, -0.1) is 0 Å². The molecular weight excluding hydrogens is 290 g/mol. The zero-order valence-electron chi connectivity index (χ0n) is 12.2. The van der Waals surface area contributed by atoms with Crippen LogP contribution in [0.3, 0.4) is 0 Å². The van der Waals surface area contributed by atoms with E-state index >= 15 is 0 Å². The van der Waals surface area contributed by atoms with Gasteiger partial charge < -0.3 is 14.2 Å². The highest BCUT2D eigenvalue weighted by Crippen LogP contribution is 2.26.